The number of nitrogens with zero attached hydrogens (tertiary/aromatic N) is 4. The molecule has 1 aromatic carbocycles. The van der Waals surface area contributed by atoms with Crippen molar-refractivity contribution in [3.63, 3.8) is 0 Å². The van der Waals surface area contributed by atoms with Crippen molar-refractivity contribution in [2.45, 2.75) is 27.3 Å². The molecule has 5 nitrogen and oxygen atoms in total. The maximum atomic E-state index is 12.9. The van der Waals surface area contributed by atoms with Crippen LogP contribution in [0.15, 0.2) is 42.9 Å². The molecule has 0 bridgehead atoms. The quantitative estimate of drug-likeness (QED) is 0.718. The SMILES string of the molecule is Cc1cccc(N2CCN(C(=O)Cn3cc(C)c4cnccc43)CC2)c1C. The molecule has 1 aliphatic heterocycles. The van der Waals surface area contributed by atoms with Crippen LogP contribution >= 0.6 is 0 Å². The lowest BCUT2D eigenvalue weighted by atomic mass is 10.1. The summed E-state index contributed by atoms with van der Waals surface area (Å²) < 4.78 is 2.05. The van der Waals surface area contributed by atoms with E-state index in [1.165, 1.54) is 16.8 Å². The molecule has 1 fully saturated rings. The highest BCUT2D eigenvalue weighted by Crippen LogP contribution is 2.24. The Labute approximate surface area is 160 Å². The van der Waals surface area contributed by atoms with Gasteiger partial charge in [-0.15, -0.1) is 0 Å². The van der Waals surface area contributed by atoms with Gasteiger partial charge in [0.2, 0.25) is 5.91 Å². The summed E-state index contributed by atoms with van der Waals surface area (Å²) >= 11 is 0. The van der Waals surface area contributed by atoms with E-state index in [9.17, 15) is 4.79 Å². The molecular formula is C22H26N4O. The molecule has 5 heteroatoms. The van der Waals surface area contributed by atoms with Crippen LogP contribution in [0, 0.1) is 20.8 Å². The van der Waals surface area contributed by atoms with Gasteiger partial charge in [-0.25, -0.2) is 0 Å². The van der Waals surface area contributed by atoms with Crippen molar-refractivity contribution in [2.24, 2.45) is 0 Å². The zero-order valence-corrected chi connectivity index (χ0v) is 16.3. The van der Waals surface area contributed by atoms with Gasteiger partial charge in [0, 0.05) is 55.8 Å². The number of carbonyl (C=O) groups excluding carboxylic acids is 1. The number of benzene rings is 1. The van der Waals surface area contributed by atoms with E-state index >= 15 is 0 Å². The van der Waals surface area contributed by atoms with E-state index in [4.69, 9.17) is 0 Å². The molecule has 3 heterocycles. The van der Waals surface area contributed by atoms with Gasteiger partial charge in [0.25, 0.3) is 0 Å². The van der Waals surface area contributed by atoms with Crippen molar-refractivity contribution >= 4 is 22.5 Å². The Morgan fingerprint density at radius 1 is 1.04 bits per heavy atom. The molecule has 140 valence electrons. The number of rotatable bonds is 3. The molecule has 1 aliphatic rings. The number of anilines is 1. The second-order valence-electron chi connectivity index (χ2n) is 7.42. The molecular weight excluding hydrogens is 336 g/mol. The first-order chi connectivity index (χ1) is 13.0. The third kappa shape index (κ3) is 3.29. The van der Waals surface area contributed by atoms with Gasteiger partial charge >= 0.3 is 0 Å². The Hall–Kier alpha value is -2.82. The fourth-order valence-electron chi connectivity index (χ4n) is 3.97. The Morgan fingerprint density at radius 3 is 2.59 bits per heavy atom. The number of piperazine rings is 1. The maximum absolute atomic E-state index is 12.9. The number of aromatic nitrogens is 2. The molecule has 0 N–H and O–H groups in total. The van der Waals surface area contributed by atoms with Crippen molar-refractivity contribution < 1.29 is 4.79 Å². The molecule has 2 aromatic heterocycles. The van der Waals surface area contributed by atoms with Gasteiger partial charge in [0.05, 0.1) is 5.52 Å². The molecule has 1 saturated heterocycles. The van der Waals surface area contributed by atoms with Crippen LogP contribution in [0.3, 0.4) is 0 Å². The van der Waals surface area contributed by atoms with Crippen molar-refractivity contribution in [1.82, 2.24) is 14.5 Å². The van der Waals surface area contributed by atoms with Crippen LogP contribution in [0.25, 0.3) is 10.9 Å². The van der Waals surface area contributed by atoms with Crippen molar-refractivity contribution in [2.75, 3.05) is 31.1 Å². The Balaban J connectivity index is 1.43. The molecule has 0 saturated carbocycles. The van der Waals surface area contributed by atoms with Crippen LogP contribution in [-0.4, -0.2) is 46.5 Å². The first kappa shape index (κ1) is 17.6. The Morgan fingerprint density at radius 2 is 1.81 bits per heavy atom. The molecule has 0 unspecified atom stereocenters. The van der Waals surface area contributed by atoms with Gasteiger partial charge in [0.1, 0.15) is 6.54 Å². The van der Waals surface area contributed by atoms with Crippen LogP contribution in [0.1, 0.15) is 16.7 Å². The number of fused-ring (bicyclic) bond motifs is 1. The fraction of sp³-hybridized carbons (Fsp3) is 0.364. The summed E-state index contributed by atoms with van der Waals surface area (Å²) in [7, 11) is 0. The van der Waals surface area contributed by atoms with E-state index in [1.54, 1.807) is 6.20 Å². The predicted molar refractivity (Wildman–Crippen MR) is 109 cm³/mol. The van der Waals surface area contributed by atoms with Crippen LogP contribution in [0.5, 0.6) is 0 Å². The molecule has 0 radical (unpaired) electrons. The van der Waals surface area contributed by atoms with Crippen LogP contribution in [0.4, 0.5) is 5.69 Å². The van der Waals surface area contributed by atoms with Crippen molar-refractivity contribution in [1.29, 1.82) is 0 Å². The Kier molecular flexibility index (Phi) is 4.60. The van der Waals surface area contributed by atoms with E-state index in [0.29, 0.717) is 6.54 Å². The zero-order chi connectivity index (χ0) is 19.0. The zero-order valence-electron chi connectivity index (χ0n) is 16.3. The van der Waals surface area contributed by atoms with Crippen LogP contribution < -0.4 is 4.90 Å². The van der Waals surface area contributed by atoms with Crippen LogP contribution in [0.2, 0.25) is 0 Å². The summed E-state index contributed by atoms with van der Waals surface area (Å²) in [5.74, 6) is 0.185. The number of aryl methyl sites for hydroxylation is 2. The topological polar surface area (TPSA) is 41.4 Å². The number of hydrogen-bond acceptors (Lipinski definition) is 3. The number of pyridine rings is 1. The van der Waals surface area contributed by atoms with E-state index < -0.39 is 0 Å². The van der Waals surface area contributed by atoms with Gasteiger partial charge in [-0.05, 0) is 49.6 Å². The average Bonchev–Trinajstić information content (AvgIpc) is 3.00. The summed E-state index contributed by atoms with van der Waals surface area (Å²) in [4.78, 5) is 21.4. The van der Waals surface area contributed by atoms with Gasteiger partial charge in [-0.2, -0.15) is 0 Å². The molecule has 0 atom stereocenters. The van der Waals surface area contributed by atoms with E-state index in [1.807, 2.05) is 21.7 Å². The van der Waals surface area contributed by atoms with Gasteiger partial charge in [-0.3, -0.25) is 9.78 Å². The van der Waals surface area contributed by atoms with Gasteiger partial charge < -0.3 is 14.4 Å². The van der Waals surface area contributed by atoms with E-state index in [0.717, 1.165) is 42.6 Å². The molecule has 3 aromatic rings. The summed E-state index contributed by atoms with van der Waals surface area (Å²) in [6.07, 6.45) is 5.71. The fourth-order valence-corrected chi connectivity index (χ4v) is 3.97. The van der Waals surface area contributed by atoms with Crippen molar-refractivity contribution in [3.8, 4) is 0 Å². The summed E-state index contributed by atoms with van der Waals surface area (Å²) in [5, 5.41) is 1.12. The molecule has 1 amide bonds. The second kappa shape index (κ2) is 7.06. The van der Waals surface area contributed by atoms with E-state index in [-0.39, 0.29) is 5.91 Å². The second-order valence-corrected chi connectivity index (χ2v) is 7.42. The summed E-state index contributed by atoms with van der Waals surface area (Å²) in [6, 6.07) is 8.43. The largest absolute Gasteiger partial charge is 0.368 e. The average molecular weight is 362 g/mol. The molecule has 27 heavy (non-hydrogen) atoms. The molecule has 0 spiro atoms. The first-order valence-corrected chi connectivity index (χ1v) is 9.53. The molecule has 4 rings (SSSR count). The standard InChI is InChI=1S/C22H26N4O/c1-16-5-4-6-20(18(16)3)24-9-11-25(12-10-24)22(27)15-26-14-17(2)19-13-23-8-7-21(19)26/h4-8,13-14H,9-12,15H2,1-3H3. The lowest BCUT2D eigenvalue weighted by Gasteiger charge is -2.37. The lowest BCUT2D eigenvalue weighted by Crippen LogP contribution is -2.49. The smallest absolute Gasteiger partial charge is 0.242 e. The molecule has 0 aliphatic carbocycles. The highest BCUT2D eigenvalue weighted by atomic mass is 16.2. The normalized spacial score (nSPS) is 14.8. The van der Waals surface area contributed by atoms with Gasteiger partial charge in [-0.1, -0.05) is 12.1 Å². The monoisotopic (exact) mass is 362 g/mol. The number of hydrogen-bond donors (Lipinski definition) is 0. The van der Waals surface area contributed by atoms with Gasteiger partial charge in [0.15, 0.2) is 0 Å². The minimum Gasteiger partial charge on any atom is -0.368 e. The number of amides is 1. The third-order valence-electron chi connectivity index (χ3n) is 5.74. The summed E-state index contributed by atoms with van der Waals surface area (Å²) in [6.45, 7) is 10.1. The lowest BCUT2D eigenvalue weighted by molar-refractivity contribution is -0.132. The highest BCUT2D eigenvalue weighted by molar-refractivity contribution is 5.85. The minimum absolute atomic E-state index is 0.185. The highest BCUT2D eigenvalue weighted by Gasteiger charge is 2.23. The Bertz CT molecular complexity index is 983. The summed E-state index contributed by atoms with van der Waals surface area (Å²) in [5.41, 5.74) is 6.17. The van der Waals surface area contributed by atoms with Crippen molar-refractivity contribution in [3.05, 3.63) is 59.5 Å². The number of carbonyl (C=O) groups is 1. The van der Waals surface area contributed by atoms with Crippen LogP contribution in [-0.2, 0) is 11.3 Å². The minimum atomic E-state index is 0.185. The maximum Gasteiger partial charge on any atom is 0.242 e. The predicted octanol–water partition coefficient (Wildman–Crippen LogP) is 3.31. The first-order valence-electron chi connectivity index (χ1n) is 9.53. The third-order valence-corrected chi connectivity index (χ3v) is 5.74. The van der Waals surface area contributed by atoms with E-state index in [2.05, 4.69) is 55.1 Å².